The van der Waals surface area contributed by atoms with E-state index in [1.807, 2.05) is 13.0 Å². The molecule has 1 saturated heterocycles. The van der Waals surface area contributed by atoms with Gasteiger partial charge in [0, 0.05) is 18.1 Å². The molecule has 5 rings (SSSR count). The predicted octanol–water partition coefficient (Wildman–Crippen LogP) is 4.27. The van der Waals surface area contributed by atoms with Crippen LogP contribution in [-0.2, 0) is 4.74 Å². The lowest BCUT2D eigenvalue weighted by molar-refractivity contribution is -0.0365. The molecule has 2 aromatic heterocycles. The Balaban J connectivity index is 1.67. The average Bonchev–Trinajstić information content (AvgIpc) is 3.06. The minimum atomic E-state index is -0.914. The fourth-order valence-electron chi connectivity index (χ4n) is 3.74. The van der Waals surface area contributed by atoms with Crippen molar-refractivity contribution in [1.82, 2.24) is 14.8 Å². The monoisotopic (exact) mass is 386 g/mol. The zero-order chi connectivity index (χ0) is 19.3. The minimum Gasteiger partial charge on any atom is -0.471 e. The van der Waals surface area contributed by atoms with E-state index in [1.54, 1.807) is 10.7 Å². The van der Waals surface area contributed by atoms with Crippen LogP contribution in [0.25, 0.3) is 22.3 Å². The van der Waals surface area contributed by atoms with E-state index in [0.717, 1.165) is 24.9 Å². The first-order valence-electron chi connectivity index (χ1n) is 9.51. The summed E-state index contributed by atoms with van der Waals surface area (Å²) in [6, 6.07) is 6.03. The number of ether oxygens (including phenoxy) is 2. The first kappa shape index (κ1) is 17.4. The van der Waals surface area contributed by atoms with Crippen molar-refractivity contribution >= 4 is 16.6 Å². The standard InChI is InChI=1S/C20H20F2N4O2/c1-11-10-23-16-6-5-15(24-20(16)28-11)19-12-8-13(21)14(22)9-17(12)26(25-19)18-4-2-3-7-27-18/h5-6,8-9,11,18,23H,2-4,7,10H2,1H3. The Kier molecular flexibility index (Phi) is 4.16. The van der Waals surface area contributed by atoms with Crippen LogP contribution >= 0.6 is 0 Å². The third-order valence-corrected chi connectivity index (χ3v) is 5.17. The number of rotatable bonds is 2. The van der Waals surface area contributed by atoms with Crippen molar-refractivity contribution in [3.8, 4) is 17.3 Å². The van der Waals surface area contributed by atoms with Gasteiger partial charge in [-0.15, -0.1) is 0 Å². The second-order valence-corrected chi connectivity index (χ2v) is 7.26. The number of nitrogens with one attached hydrogen (secondary N) is 1. The highest BCUT2D eigenvalue weighted by Gasteiger charge is 2.25. The number of halogens is 2. The van der Waals surface area contributed by atoms with Crippen molar-refractivity contribution in [2.45, 2.75) is 38.5 Å². The van der Waals surface area contributed by atoms with Gasteiger partial charge in [0.15, 0.2) is 17.9 Å². The number of aromatic nitrogens is 3. The maximum atomic E-state index is 14.0. The van der Waals surface area contributed by atoms with Crippen molar-refractivity contribution in [1.29, 1.82) is 0 Å². The summed E-state index contributed by atoms with van der Waals surface area (Å²) in [5.74, 6) is -1.34. The molecular formula is C20H20F2N4O2. The molecule has 0 spiro atoms. The van der Waals surface area contributed by atoms with Crippen molar-refractivity contribution in [3.05, 3.63) is 35.9 Å². The second-order valence-electron chi connectivity index (χ2n) is 7.26. The van der Waals surface area contributed by atoms with E-state index in [1.165, 1.54) is 12.1 Å². The SMILES string of the molecule is CC1CNc2ccc(-c3nn(C4CCCCO4)c4cc(F)c(F)cc34)nc2O1. The quantitative estimate of drug-likeness (QED) is 0.713. The van der Waals surface area contributed by atoms with Gasteiger partial charge in [0.1, 0.15) is 11.8 Å². The molecule has 28 heavy (non-hydrogen) atoms. The van der Waals surface area contributed by atoms with Crippen molar-refractivity contribution < 1.29 is 18.3 Å². The number of hydrogen-bond donors (Lipinski definition) is 1. The first-order chi connectivity index (χ1) is 13.6. The van der Waals surface area contributed by atoms with E-state index in [9.17, 15) is 8.78 Å². The number of benzene rings is 1. The summed E-state index contributed by atoms with van der Waals surface area (Å²) >= 11 is 0. The van der Waals surface area contributed by atoms with Crippen LogP contribution < -0.4 is 10.1 Å². The van der Waals surface area contributed by atoms with Crippen LogP contribution in [0, 0.1) is 11.6 Å². The van der Waals surface area contributed by atoms with Gasteiger partial charge in [0.05, 0.1) is 23.4 Å². The maximum absolute atomic E-state index is 14.0. The molecule has 4 heterocycles. The van der Waals surface area contributed by atoms with Gasteiger partial charge >= 0.3 is 0 Å². The molecule has 0 radical (unpaired) electrons. The zero-order valence-corrected chi connectivity index (χ0v) is 15.4. The molecule has 1 aromatic carbocycles. The predicted molar refractivity (Wildman–Crippen MR) is 100 cm³/mol. The summed E-state index contributed by atoms with van der Waals surface area (Å²) in [4.78, 5) is 4.58. The van der Waals surface area contributed by atoms with Gasteiger partial charge < -0.3 is 14.8 Å². The van der Waals surface area contributed by atoms with E-state index in [-0.39, 0.29) is 12.3 Å². The number of pyridine rings is 1. The van der Waals surface area contributed by atoms with Crippen LogP contribution in [0.2, 0.25) is 0 Å². The molecule has 3 aromatic rings. The lowest BCUT2D eigenvalue weighted by Crippen LogP contribution is -2.28. The van der Waals surface area contributed by atoms with Crippen LogP contribution in [-0.4, -0.2) is 34.0 Å². The van der Waals surface area contributed by atoms with Crippen molar-refractivity contribution in [2.24, 2.45) is 0 Å². The molecule has 8 heteroatoms. The highest BCUT2D eigenvalue weighted by Crippen LogP contribution is 2.36. The molecule has 1 N–H and O–H groups in total. The number of nitrogens with zero attached hydrogens (tertiary/aromatic N) is 3. The molecule has 0 saturated carbocycles. The topological polar surface area (TPSA) is 61.2 Å². The molecule has 0 aliphatic carbocycles. The van der Waals surface area contributed by atoms with Crippen molar-refractivity contribution in [3.63, 3.8) is 0 Å². The molecule has 2 atom stereocenters. The Morgan fingerprint density at radius 1 is 1.18 bits per heavy atom. The van der Waals surface area contributed by atoms with E-state index >= 15 is 0 Å². The Labute approximate surface area is 160 Å². The minimum absolute atomic E-state index is 0.00766. The highest BCUT2D eigenvalue weighted by molar-refractivity contribution is 5.93. The number of hydrogen-bond acceptors (Lipinski definition) is 5. The summed E-state index contributed by atoms with van der Waals surface area (Å²) in [6.45, 7) is 3.28. The Hall–Kier alpha value is -2.74. The van der Waals surface area contributed by atoms with Gasteiger partial charge in [-0.2, -0.15) is 5.10 Å². The summed E-state index contributed by atoms with van der Waals surface area (Å²) in [7, 11) is 0. The summed E-state index contributed by atoms with van der Waals surface area (Å²) < 4.78 is 41.3. The Bertz CT molecular complexity index is 1050. The van der Waals surface area contributed by atoms with E-state index in [0.29, 0.717) is 41.3 Å². The fourth-order valence-corrected chi connectivity index (χ4v) is 3.74. The van der Waals surface area contributed by atoms with Gasteiger partial charge in [-0.3, -0.25) is 0 Å². The summed E-state index contributed by atoms with van der Waals surface area (Å²) in [5, 5.41) is 8.41. The molecule has 6 nitrogen and oxygen atoms in total. The molecule has 0 bridgehead atoms. The van der Waals surface area contributed by atoms with Gasteiger partial charge in [0.2, 0.25) is 5.88 Å². The normalized spacial score (nSPS) is 21.8. The third-order valence-electron chi connectivity index (χ3n) is 5.17. The second kappa shape index (κ2) is 6.70. The van der Waals surface area contributed by atoms with Crippen LogP contribution in [0.1, 0.15) is 32.4 Å². The largest absolute Gasteiger partial charge is 0.471 e. The van der Waals surface area contributed by atoms with E-state index in [2.05, 4.69) is 15.4 Å². The fraction of sp³-hybridized carbons (Fsp3) is 0.400. The van der Waals surface area contributed by atoms with Gasteiger partial charge in [-0.1, -0.05) is 0 Å². The number of fused-ring (bicyclic) bond motifs is 2. The molecular weight excluding hydrogens is 366 g/mol. The Morgan fingerprint density at radius 3 is 2.86 bits per heavy atom. The average molecular weight is 386 g/mol. The van der Waals surface area contributed by atoms with Crippen LogP contribution in [0.5, 0.6) is 5.88 Å². The summed E-state index contributed by atoms with van der Waals surface area (Å²) in [5.41, 5.74) is 2.32. The van der Waals surface area contributed by atoms with Crippen LogP contribution in [0.3, 0.4) is 0 Å². The smallest absolute Gasteiger partial charge is 0.238 e. The maximum Gasteiger partial charge on any atom is 0.238 e. The summed E-state index contributed by atoms with van der Waals surface area (Å²) in [6.07, 6.45) is 2.45. The zero-order valence-electron chi connectivity index (χ0n) is 15.4. The molecule has 1 fully saturated rings. The van der Waals surface area contributed by atoms with E-state index in [4.69, 9.17) is 9.47 Å². The Morgan fingerprint density at radius 2 is 2.04 bits per heavy atom. The number of anilines is 1. The lowest BCUT2D eigenvalue weighted by Gasteiger charge is -2.24. The van der Waals surface area contributed by atoms with Crippen LogP contribution in [0.15, 0.2) is 24.3 Å². The molecule has 2 aliphatic rings. The van der Waals surface area contributed by atoms with Crippen molar-refractivity contribution in [2.75, 3.05) is 18.5 Å². The lowest BCUT2D eigenvalue weighted by atomic mass is 10.1. The third kappa shape index (κ3) is 2.88. The van der Waals surface area contributed by atoms with Gasteiger partial charge in [-0.25, -0.2) is 18.4 Å². The van der Waals surface area contributed by atoms with E-state index < -0.39 is 11.6 Å². The first-order valence-corrected chi connectivity index (χ1v) is 9.51. The molecule has 2 unspecified atom stereocenters. The van der Waals surface area contributed by atoms with Gasteiger partial charge in [0.25, 0.3) is 0 Å². The molecule has 0 amide bonds. The van der Waals surface area contributed by atoms with Gasteiger partial charge in [-0.05, 0) is 44.4 Å². The van der Waals surface area contributed by atoms with Crippen LogP contribution in [0.4, 0.5) is 14.5 Å². The highest BCUT2D eigenvalue weighted by atomic mass is 19.2. The molecule has 2 aliphatic heterocycles. The molecule has 146 valence electrons.